The van der Waals surface area contributed by atoms with Crippen molar-refractivity contribution < 1.29 is 29.6 Å². The number of benzene rings is 3. The monoisotopic (exact) mass is 686 g/mol. The summed E-state index contributed by atoms with van der Waals surface area (Å²) in [6, 6.07) is 8.17. The fourth-order valence-corrected chi connectivity index (χ4v) is 7.42. The van der Waals surface area contributed by atoms with Crippen LogP contribution >= 0.6 is 31.9 Å². The van der Waals surface area contributed by atoms with Gasteiger partial charge in [0.05, 0.1) is 11.1 Å². The van der Waals surface area contributed by atoms with E-state index in [1.807, 2.05) is 39.8 Å². The summed E-state index contributed by atoms with van der Waals surface area (Å²) in [6.07, 6.45) is 5.51. The molecule has 0 saturated carbocycles. The zero-order chi connectivity index (χ0) is 30.1. The topological polar surface area (TPSA) is 104 Å². The molecule has 0 aromatic heterocycles. The van der Waals surface area contributed by atoms with Crippen LogP contribution in [0, 0.1) is 0 Å². The summed E-state index contributed by atoms with van der Waals surface area (Å²) < 4.78 is 7.65. The number of ether oxygens (including phenoxy) is 1. The predicted octanol–water partition coefficient (Wildman–Crippen LogP) is 8.59. The van der Waals surface area contributed by atoms with Crippen molar-refractivity contribution in [2.24, 2.45) is 0 Å². The Morgan fingerprint density at radius 3 is 1.63 bits per heavy atom. The lowest BCUT2D eigenvalue weighted by molar-refractivity contribution is 0.0246. The first kappa shape index (κ1) is 31.1. The van der Waals surface area contributed by atoms with E-state index in [4.69, 9.17) is 4.74 Å². The average Bonchev–Trinajstić information content (AvgIpc) is 3.24. The number of hydrogen-bond acceptors (Lipinski definition) is 5. The number of fused-ring (bicyclic) bond motifs is 1. The molecule has 0 spiro atoms. The molecule has 0 aliphatic carbocycles. The molecule has 6 nitrogen and oxygen atoms in total. The van der Waals surface area contributed by atoms with E-state index in [0.29, 0.717) is 62.4 Å². The molecule has 218 valence electrons. The standard InChI is InChI=1S/C33H36Br2O6/c1-5-9-18-15-25(27(34)22(11-7-3)29(18)36)33(24-17-20(31(38)39)13-14-21(24)32(40)41-33)26-16-19(10-6-2)30(37)23(12-8-4)28(26)35/h13-17,36-37H,5-12H2,1-4H3,(H,38,39). The van der Waals surface area contributed by atoms with Crippen LogP contribution in [0.1, 0.15) is 113 Å². The first-order valence-electron chi connectivity index (χ1n) is 14.3. The molecule has 0 saturated heterocycles. The molecule has 0 amide bonds. The van der Waals surface area contributed by atoms with Gasteiger partial charge in [0.15, 0.2) is 5.60 Å². The third kappa shape index (κ3) is 5.29. The molecule has 3 aromatic carbocycles. The molecule has 0 atom stereocenters. The Balaban J connectivity index is 2.25. The molecule has 1 aliphatic heterocycles. The highest BCUT2D eigenvalue weighted by Crippen LogP contribution is 2.55. The van der Waals surface area contributed by atoms with Gasteiger partial charge in [0, 0.05) is 36.8 Å². The minimum Gasteiger partial charge on any atom is -0.507 e. The molecule has 0 unspecified atom stereocenters. The van der Waals surface area contributed by atoms with Gasteiger partial charge >= 0.3 is 11.9 Å². The van der Waals surface area contributed by atoms with Crippen molar-refractivity contribution in [1.29, 1.82) is 0 Å². The van der Waals surface area contributed by atoms with Gasteiger partial charge in [-0.3, -0.25) is 0 Å². The number of carbonyl (C=O) groups excluding carboxylic acids is 1. The molecule has 8 heteroatoms. The molecule has 3 N–H and O–H groups in total. The number of aryl methyl sites for hydroxylation is 2. The van der Waals surface area contributed by atoms with Crippen molar-refractivity contribution in [3.8, 4) is 11.5 Å². The van der Waals surface area contributed by atoms with Crippen LogP contribution in [0.3, 0.4) is 0 Å². The highest BCUT2D eigenvalue weighted by atomic mass is 79.9. The Labute approximate surface area is 258 Å². The maximum absolute atomic E-state index is 13.6. The van der Waals surface area contributed by atoms with Crippen LogP contribution in [0.2, 0.25) is 0 Å². The molecular weight excluding hydrogens is 652 g/mol. The lowest BCUT2D eigenvalue weighted by Gasteiger charge is -2.35. The fraction of sp³-hybridized carbons (Fsp3) is 0.394. The van der Waals surface area contributed by atoms with Crippen LogP contribution in [0.4, 0.5) is 0 Å². The lowest BCUT2D eigenvalue weighted by Crippen LogP contribution is -2.32. The summed E-state index contributed by atoms with van der Waals surface area (Å²) in [4.78, 5) is 25.7. The SMILES string of the molecule is CCCc1cc(C2(c3cc(CCC)c(O)c(CCC)c3Br)OC(=O)c3ccc(C(=O)O)cc32)c(Br)c(CCC)c1O. The summed E-state index contributed by atoms with van der Waals surface area (Å²) in [5, 5.41) is 32.5. The zero-order valence-electron chi connectivity index (χ0n) is 23.9. The van der Waals surface area contributed by atoms with E-state index >= 15 is 0 Å². The van der Waals surface area contributed by atoms with Crippen LogP contribution in [0.25, 0.3) is 0 Å². The number of carbonyl (C=O) groups is 2. The van der Waals surface area contributed by atoms with Crippen molar-refractivity contribution in [1.82, 2.24) is 0 Å². The molecule has 1 aliphatic rings. The number of aromatic hydroxyl groups is 2. The van der Waals surface area contributed by atoms with Crippen LogP contribution in [0.15, 0.2) is 39.3 Å². The Morgan fingerprint density at radius 2 is 1.22 bits per heavy atom. The Hall–Kier alpha value is -2.84. The van der Waals surface area contributed by atoms with Crippen molar-refractivity contribution in [3.05, 3.63) is 89.3 Å². The van der Waals surface area contributed by atoms with Gasteiger partial charge in [-0.1, -0.05) is 53.4 Å². The van der Waals surface area contributed by atoms with E-state index in [1.165, 1.54) is 18.2 Å². The molecule has 0 fully saturated rings. The minimum atomic E-state index is -1.55. The minimum absolute atomic E-state index is 0.0290. The van der Waals surface area contributed by atoms with E-state index in [2.05, 4.69) is 31.9 Å². The average molecular weight is 688 g/mol. The Bertz CT molecular complexity index is 1440. The smallest absolute Gasteiger partial charge is 0.340 e. The molecule has 0 bridgehead atoms. The third-order valence-electron chi connectivity index (χ3n) is 7.73. The number of hydrogen-bond donors (Lipinski definition) is 3. The fourth-order valence-electron chi connectivity index (χ4n) is 5.86. The normalized spacial score (nSPS) is 13.8. The molecule has 41 heavy (non-hydrogen) atoms. The van der Waals surface area contributed by atoms with E-state index < -0.39 is 17.5 Å². The summed E-state index contributed by atoms with van der Waals surface area (Å²) in [5.74, 6) is -1.26. The third-order valence-corrected chi connectivity index (χ3v) is 9.54. The highest BCUT2D eigenvalue weighted by Gasteiger charge is 2.52. The van der Waals surface area contributed by atoms with Gasteiger partial charge in [0.2, 0.25) is 0 Å². The number of phenolic OH excluding ortho intramolecular Hbond substituents is 2. The van der Waals surface area contributed by atoms with Gasteiger partial charge in [0.1, 0.15) is 11.5 Å². The number of esters is 1. The summed E-state index contributed by atoms with van der Waals surface area (Å²) in [7, 11) is 0. The van der Waals surface area contributed by atoms with Crippen molar-refractivity contribution in [2.45, 2.75) is 84.7 Å². The first-order valence-corrected chi connectivity index (χ1v) is 15.8. The van der Waals surface area contributed by atoms with E-state index in [0.717, 1.165) is 36.8 Å². The van der Waals surface area contributed by atoms with Crippen LogP contribution in [-0.2, 0) is 36.0 Å². The summed E-state index contributed by atoms with van der Waals surface area (Å²) in [5.41, 5.74) is 3.26. The number of rotatable bonds is 11. The van der Waals surface area contributed by atoms with Gasteiger partial charge in [-0.05, 0) is 99.0 Å². The molecular formula is C33H36Br2O6. The van der Waals surface area contributed by atoms with Crippen molar-refractivity contribution in [3.63, 3.8) is 0 Å². The van der Waals surface area contributed by atoms with E-state index in [-0.39, 0.29) is 22.6 Å². The van der Waals surface area contributed by atoms with Crippen molar-refractivity contribution in [2.75, 3.05) is 0 Å². The van der Waals surface area contributed by atoms with Gasteiger partial charge in [-0.25, -0.2) is 9.59 Å². The van der Waals surface area contributed by atoms with E-state index in [9.17, 15) is 24.9 Å². The second-order valence-electron chi connectivity index (χ2n) is 10.6. The van der Waals surface area contributed by atoms with Gasteiger partial charge in [0.25, 0.3) is 0 Å². The maximum Gasteiger partial charge on any atom is 0.340 e. The second kappa shape index (κ2) is 12.6. The van der Waals surface area contributed by atoms with E-state index in [1.54, 1.807) is 0 Å². The quantitative estimate of drug-likeness (QED) is 0.175. The van der Waals surface area contributed by atoms with Crippen LogP contribution < -0.4 is 0 Å². The summed E-state index contributed by atoms with van der Waals surface area (Å²) >= 11 is 7.57. The summed E-state index contributed by atoms with van der Waals surface area (Å²) in [6.45, 7) is 8.13. The predicted molar refractivity (Wildman–Crippen MR) is 166 cm³/mol. The number of aromatic carboxylic acids is 1. The first-order chi connectivity index (χ1) is 19.6. The van der Waals surface area contributed by atoms with Crippen LogP contribution in [0.5, 0.6) is 11.5 Å². The van der Waals surface area contributed by atoms with Crippen LogP contribution in [-0.4, -0.2) is 27.3 Å². The Kier molecular flexibility index (Phi) is 9.54. The number of halogens is 2. The molecule has 1 heterocycles. The largest absolute Gasteiger partial charge is 0.507 e. The number of carboxylic acid groups (broad SMARTS) is 1. The lowest BCUT2D eigenvalue weighted by atomic mass is 9.76. The second-order valence-corrected chi connectivity index (χ2v) is 12.2. The number of cyclic esters (lactones) is 1. The molecule has 3 aromatic rings. The zero-order valence-corrected chi connectivity index (χ0v) is 27.0. The maximum atomic E-state index is 13.6. The van der Waals surface area contributed by atoms with Crippen molar-refractivity contribution >= 4 is 43.8 Å². The van der Waals surface area contributed by atoms with Gasteiger partial charge in [-0.15, -0.1) is 0 Å². The molecule has 0 radical (unpaired) electrons. The van der Waals surface area contributed by atoms with Gasteiger partial charge in [-0.2, -0.15) is 0 Å². The number of phenols is 2. The number of carboxylic acids is 1. The highest BCUT2D eigenvalue weighted by molar-refractivity contribution is 9.11. The molecule has 4 rings (SSSR count). The Morgan fingerprint density at radius 1 is 0.756 bits per heavy atom. The van der Waals surface area contributed by atoms with Gasteiger partial charge < -0.3 is 20.1 Å².